The van der Waals surface area contributed by atoms with Gasteiger partial charge in [0.2, 0.25) is 0 Å². The van der Waals surface area contributed by atoms with Gasteiger partial charge in [-0.2, -0.15) is 21.1 Å². The quantitative estimate of drug-likeness (QED) is 0.157. The maximum atomic E-state index is 14.3. The van der Waals surface area contributed by atoms with Crippen LogP contribution in [0, 0.1) is 0 Å². The van der Waals surface area contributed by atoms with Gasteiger partial charge in [0.1, 0.15) is 16.2 Å². The van der Waals surface area contributed by atoms with Crippen LogP contribution in [0.15, 0.2) is 118 Å². The van der Waals surface area contributed by atoms with Crippen molar-refractivity contribution in [2.24, 2.45) is 4.40 Å². The van der Waals surface area contributed by atoms with Crippen LogP contribution in [0.1, 0.15) is 42.0 Å². The van der Waals surface area contributed by atoms with Crippen LogP contribution in [-0.4, -0.2) is 49.1 Å². The molecule has 49 heavy (non-hydrogen) atoms. The molecule has 252 valence electrons. The lowest BCUT2D eigenvalue weighted by atomic mass is 9.67. The number of carboxylic acid groups (broad SMARTS) is 1. The van der Waals surface area contributed by atoms with E-state index in [0.717, 1.165) is 11.6 Å². The largest absolute Gasteiger partial charge is 0.506 e. The fourth-order valence-electron chi connectivity index (χ4n) is 6.11. The fourth-order valence-corrected chi connectivity index (χ4v) is 8.32. The second-order valence-electron chi connectivity index (χ2n) is 11.9. The molecule has 0 spiro atoms. The zero-order chi connectivity index (χ0) is 35.0. The normalized spacial score (nSPS) is 18.1. The molecule has 0 fully saturated rings. The number of fused-ring (bicyclic) bond motifs is 2. The van der Waals surface area contributed by atoms with Crippen molar-refractivity contribution in [1.82, 2.24) is 4.31 Å². The SMILES string of the molecule is CC1(CCCc2ccccc2)C(=O)C(C2=NS(=O)(=O)c3cc(NS(=O)(=O)N(Cc4ccccc4)C(=O)O)ccc3N2)=C(O)c2ccccc21. The summed E-state index contributed by atoms with van der Waals surface area (Å²) in [5.41, 5.74) is 0.874. The Morgan fingerprint density at radius 2 is 1.57 bits per heavy atom. The predicted octanol–water partition coefficient (Wildman–Crippen LogP) is 5.87. The number of ketones is 1. The molecule has 6 rings (SSSR count). The number of Topliss-reactive ketones (excluding diaryl/α,β-unsaturated/α-hetero) is 1. The molecule has 1 aliphatic heterocycles. The lowest BCUT2D eigenvalue weighted by Crippen LogP contribution is -2.42. The first-order valence-corrected chi connectivity index (χ1v) is 18.1. The monoisotopic (exact) mass is 700 g/mol. The Morgan fingerprint density at radius 3 is 2.24 bits per heavy atom. The minimum Gasteiger partial charge on any atom is -0.506 e. The number of hydrogen-bond acceptors (Lipinski definition) is 8. The molecule has 1 unspecified atom stereocenters. The van der Waals surface area contributed by atoms with Crippen LogP contribution >= 0.6 is 0 Å². The summed E-state index contributed by atoms with van der Waals surface area (Å²) in [7, 11) is -9.25. The van der Waals surface area contributed by atoms with Crippen molar-refractivity contribution in [3.63, 3.8) is 0 Å². The standard InChI is InChI=1S/C35H32N4O8S2/c1-35(20-10-15-23-11-4-2-5-12-23)27-17-9-8-16-26(27)31(40)30(32(35)41)33-36-28-19-18-25(21-29(28)48(44,45)38-33)37-49(46,47)39(34(42)43)22-24-13-6-3-7-14-24/h2-9,11-14,16-19,21,37,40H,10,15,20,22H2,1H3,(H,36,38)(H,42,43). The third-order valence-corrected chi connectivity index (χ3v) is 11.3. The number of carbonyl (C=O) groups is 2. The second kappa shape index (κ2) is 12.9. The van der Waals surface area contributed by atoms with Gasteiger partial charge >= 0.3 is 16.3 Å². The van der Waals surface area contributed by atoms with Crippen molar-refractivity contribution in [3.05, 3.63) is 131 Å². The third kappa shape index (κ3) is 6.52. The number of rotatable bonds is 10. The molecular formula is C35H32N4O8S2. The molecule has 0 bridgehead atoms. The topological polar surface area (TPSA) is 183 Å². The van der Waals surface area contributed by atoms with Gasteiger partial charge in [-0.15, -0.1) is 4.40 Å². The molecule has 1 atom stereocenters. The van der Waals surface area contributed by atoms with Crippen LogP contribution < -0.4 is 10.0 Å². The zero-order valence-electron chi connectivity index (χ0n) is 26.2. The average Bonchev–Trinajstić information content (AvgIpc) is 3.07. The van der Waals surface area contributed by atoms with Gasteiger partial charge in [-0.3, -0.25) is 9.52 Å². The number of aliphatic hydroxyl groups is 1. The van der Waals surface area contributed by atoms with Crippen LogP contribution in [0.3, 0.4) is 0 Å². The van der Waals surface area contributed by atoms with E-state index in [1.54, 1.807) is 61.5 Å². The van der Waals surface area contributed by atoms with Gasteiger partial charge in [0, 0.05) is 5.56 Å². The Bertz CT molecular complexity index is 2240. The molecule has 1 amide bonds. The maximum absolute atomic E-state index is 14.3. The van der Waals surface area contributed by atoms with E-state index in [1.807, 2.05) is 30.3 Å². The van der Waals surface area contributed by atoms with E-state index in [0.29, 0.717) is 36.0 Å². The van der Waals surface area contributed by atoms with E-state index in [2.05, 4.69) is 14.4 Å². The zero-order valence-corrected chi connectivity index (χ0v) is 27.8. The minimum atomic E-state index is -4.70. The fraction of sp³-hybridized carbons (Fsp3) is 0.171. The third-order valence-electron chi connectivity index (χ3n) is 8.61. The van der Waals surface area contributed by atoms with Gasteiger partial charge in [0.15, 0.2) is 11.6 Å². The number of amidine groups is 1. The summed E-state index contributed by atoms with van der Waals surface area (Å²) in [6, 6.07) is 28.3. The lowest BCUT2D eigenvalue weighted by molar-refractivity contribution is -0.120. The average molecular weight is 701 g/mol. The molecular weight excluding hydrogens is 669 g/mol. The number of nitrogens with zero attached hydrogens (tertiary/aromatic N) is 2. The minimum absolute atomic E-state index is 0.0231. The summed E-state index contributed by atoms with van der Waals surface area (Å²) in [5, 5.41) is 23.9. The number of aryl methyl sites for hydroxylation is 1. The number of amides is 1. The first kappa shape index (κ1) is 33.4. The van der Waals surface area contributed by atoms with Gasteiger partial charge < -0.3 is 15.5 Å². The number of benzene rings is 4. The van der Waals surface area contributed by atoms with Crippen molar-refractivity contribution >= 4 is 55.1 Å². The Morgan fingerprint density at radius 1 is 0.939 bits per heavy atom. The van der Waals surface area contributed by atoms with E-state index in [-0.39, 0.29) is 27.1 Å². The maximum Gasteiger partial charge on any atom is 0.422 e. The Kier molecular flexibility index (Phi) is 8.77. The van der Waals surface area contributed by atoms with Crippen molar-refractivity contribution in [2.75, 3.05) is 10.0 Å². The van der Waals surface area contributed by atoms with Crippen molar-refractivity contribution in [3.8, 4) is 0 Å². The Labute approximate surface area is 283 Å². The molecule has 1 heterocycles. The molecule has 0 saturated carbocycles. The number of sulfonamides is 1. The molecule has 4 N–H and O–H groups in total. The summed E-state index contributed by atoms with van der Waals surface area (Å²) in [6.45, 7) is 1.29. The molecule has 2 aliphatic rings. The molecule has 14 heteroatoms. The highest BCUT2D eigenvalue weighted by atomic mass is 32.2. The molecule has 4 aromatic rings. The van der Waals surface area contributed by atoms with E-state index >= 15 is 0 Å². The van der Waals surface area contributed by atoms with E-state index < -0.39 is 54.7 Å². The van der Waals surface area contributed by atoms with E-state index in [1.165, 1.54) is 12.1 Å². The molecule has 0 radical (unpaired) electrons. The number of anilines is 2. The first-order chi connectivity index (χ1) is 23.3. The smallest absolute Gasteiger partial charge is 0.422 e. The highest BCUT2D eigenvalue weighted by Gasteiger charge is 2.46. The molecule has 4 aromatic carbocycles. The van der Waals surface area contributed by atoms with Crippen molar-refractivity contribution in [2.45, 2.75) is 43.0 Å². The number of hydrogen-bond donors (Lipinski definition) is 4. The van der Waals surface area contributed by atoms with Gasteiger partial charge in [0.25, 0.3) is 10.0 Å². The van der Waals surface area contributed by atoms with Gasteiger partial charge in [-0.25, -0.2) is 4.79 Å². The lowest BCUT2D eigenvalue weighted by Gasteiger charge is -2.36. The summed E-state index contributed by atoms with van der Waals surface area (Å²) < 4.78 is 59.5. The summed E-state index contributed by atoms with van der Waals surface area (Å²) >= 11 is 0. The number of carbonyl (C=O) groups excluding carboxylic acids is 1. The first-order valence-electron chi connectivity index (χ1n) is 15.3. The van der Waals surface area contributed by atoms with Crippen molar-refractivity contribution < 1.29 is 36.6 Å². The van der Waals surface area contributed by atoms with Crippen LogP contribution in [0.2, 0.25) is 0 Å². The molecule has 0 aromatic heterocycles. The molecule has 12 nitrogen and oxygen atoms in total. The van der Waals surface area contributed by atoms with Gasteiger partial charge in [-0.05, 0) is 61.1 Å². The molecule has 1 aliphatic carbocycles. The summed E-state index contributed by atoms with van der Waals surface area (Å²) in [5.74, 6) is -1.28. The Hall–Kier alpha value is -5.47. The van der Waals surface area contributed by atoms with Gasteiger partial charge in [0.05, 0.1) is 23.3 Å². The second-order valence-corrected chi connectivity index (χ2v) is 15.1. The number of nitrogens with one attached hydrogen (secondary N) is 2. The van der Waals surface area contributed by atoms with Crippen LogP contribution in [0.5, 0.6) is 0 Å². The van der Waals surface area contributed by atoms with Crippen molar-refractivity contribution in [1.29, 1.82) is 0 Å². The summed E-state index contributed by atoms with van der Waals surface area (Å²) in [4.78, 5) is 25.8. The Balaban J connectivity index is 1.30. The van der Waals surface area contributed by atoms with E-state index in [9.17, 15) is 36.6 Å². The number of aliphatic hydroxyl groups excluding tert-OH is 1. The highest BCUT2D eigenvalue weighted by molar-refractivity contribution is 7.91. The van der Waals surface area contributed by atoms with Crippen LogP contribution in [0.25, 0.3) is 5.76 Å². The van der Waals surface area contributed by atoms with Gasteiger partial charge in [-0.1, -0.05) is 84.9 Å². The highest BCUT2D eigenvalue weighted by Crippen LogP contribution is 2.44. The van der Waals surface area contributed by atoms with Crippen LogP contribution in [-0.2, 0) is 43.4 Å². The van der Waals surface area contributed by atoms with E-state index in [4.69, 9.17) is 0 Å². The molecule has 0 saturated heterocycles. The van der Waals surface area contributed by atoms with Crippen LogP contribution in [0.4, 0.5) is 16.2 Å². The predicted molar refractivity (Wildman–Crippen MR) is 185 cm³/mol. The summed E-state index contributed by atoms with van der Waals surface area (Å²) in [6.07, 6.45) is 0.0165.